The minimum atomic E-state index is -0.668. The molecule has 0 radical (unpaired) electrons. The molecule has 1 aromatic rings. The van der Waals surface area contributed by atoms with E-state index in [-0.39, 0.29) is 17.8 Å². The molecule has 3 N–H and O–H groups in total. The van der Waals surface area contributed by atoms with E-state index < -0.39 is 6.09 Å². The van der Waals surface area contributed by atoms with Gasteiger partial charge in [-0.1, -0.05) is 19.3 Å². The molecule has 2 rings (SSSR count). The molecule has 1 aliphatic carbocycles. The van der Waals surface area contributed by atoms with Crippen LogP contribution in [0.1, 0.15) is 32.1 Å². The van der Waals surface area contributed by atoms with E-state index >= 15 is 0 Å². The summed E-state index contributed by atoms with van der Waals surface area (Å²) in [6.45, 7) is 0. The normalized spacial score (nSPS) is 16.7. The molecule has 17 heavy (non-hydrogen) atoms. The van der Waals surface area contributed by atoms with Gasteiger partial charge in [0, 0.05) is 18.2 Å². The Bertz CT molecular complexity index is 377. The van der Waals surface area contributed by atoms with Crippen molar-refractivity contribution >= 4 is 6.09 Å². The van der Waals surface area contributed by atoms with Crippen molar-refractivity contribution in [2.45, 2.75) is 38.1 Å². The van der Waals surface area contributed by atoms with Crippen LogP contribution in [0.15, 0.2) is 12.1 Å². The Labute approximate surface area is 98.8 Å². The Hall–Kier alpha value is -1.85. The predicted molar refractivity (Wildman–Crippen MR) is 59.7 cm³/mol. The van der Waals surface area contributed by atoms with Gasteiger partial charge < -0.3 is 20.4 Å². The van der Waals surface area contributed by atoms with Gasteiger partial charge in [-0.15, -0.1) is 4.73 Å². The molecule has 1 fully saturated rings. The summed E-state index contributed by atoms with van der Waals surface area (Å²) in [7, 11) is 0. The van der Waals surface area contributed by atoms with Crippen LogP contribution < -0.4 is 10.2 Å². The monoisotopic (exact) mass is 240 g/mol. The second-order valence-electron chi connectivity index (χ2n) is 4.20. The average molecular weight is 240 g/mol. The zero-order valence-electron chi connectivity index (χ0n) is 9.43. The fourth-order valence-electron chi connectivity index (χ4n) is 2.02. The highest BCUT2D eigenvalue weighted by Gasteiger charge is 2.18. The lowest BCUT2D eigenvalue weighted by Crippen LogP contribution is -2.40. The fourth-order valence-corrected chi connectivity index (χ4v) is 2.02. The van der Waals surface area contributed by atoms with E-state index in [2.05, 4.69) is 5.32 Å². The first-order valence-corrected chi connectivity index (χ1v) is 5.75. The summed E-state index contributed by atoms with van der Waals surface area (Å²) >= 11 is 0. The van der Waals surface area contributed by atoms with Crippen LogP contribution in [-0.2, 0) is 0 Å². The minimum Gasteiger partial charge on any atom is -0.492 e. The lowest BCUT2D eigenvalue weighted by Gasteiger charge is -2.22. The molecular weight excluding hydrogens is 224 g/mol. The summed E-state index contributed by atoms with van der Waals surface area (Å²) in [5.74, 6) is -0.636. The Morgan fingerprint density at radius 3 is 2.41 bits per heavy atom. The van der Waals surface area contributed by atoms with Gasteiger partial charge in [-0.2, -0.15) is 0 Å². The highest BCUT2D eigenvalue weighted by atomic mass is 16.7. The van der Waals surface area contributed by atoms with Crippen molar-refractivity contribution in [1.29, 1.82) is 0 Å². The lowest BCUT2D eigenvalue weighted by molar-refractivity contribution is 0.103. The molecule has 0 spiro atoms. The molecule has 0 unspecified atom stereocenters. The van der Waals surface area contributed by atoms with Crippen LogP contribution in [0.3, 0.4) is 0 Å². The molecule has 1 amide bonds. The number of nitrogens with zero attached hydrogens (tertiary/aromatic N) is 1. The Morgan fingerprint density at radius 1 is 1.24 bits per heavy atom. The maximum atomic E-state index is 11.5. The van der Waals surface area contributed by atoms with Crippen molar-refractivity contribution in [3.8, 4) is 11.8 Å². The Balaban J connectivity index is 1.88. The molecule has 6 heteroatoms. The number of aromatic hydroxyl groups is 2. The van der Waals surface area contributed by atoms with Gasteiger partial charge in [0.1, 0.15) is 0 Å². The van der Waals surface area contributed by atoms with Gasteiger partial charge in [0.2, 0.25) is 11.8 Å². The van der Waals surface area contributed by atoms with Crippen molar-refractivity contribution < 1.29 is 19.8 Å². The van der Waals surface area contributed by atoms with Crippen LogP contribution in [0, 0.1) is 0 Å². The van der Waals surface area contributed by atoms with Crippen LogP contribution in [-0.4, -0.2) is 27.1 Å². The van der Waals surface area contributed by atoms with E-state index in [0.29, 0.717) is 4.73 Å². The van der Waals surface area contributed by atoms with Crippen LogP contribution in [0.4, 0.5) is 4.79 Å². The second kappa shape index (κ2) is 4.99. The number of carbonyl (C=O) groups is 1. The largest absolute Gasteiger partial charge is 0.492 e. The van der Waals surface area contributed by atoms with Gasteiger partial charge in [0.15, 0.2) is 0 Å². The van der Waals surface area contributed by atoms with E-state index in [1.54, 1.807) is 0 Å². The third kappa shape index (κ3) is 2.83. The second-order valence-corrected chi connectivity index (χ2v) is 4.20. The van der Waals surface area contributed by atoms with Gasteiger partial charge in [-0.3, -0.25) is 0 Å². The van der Waals surface area contributed by atoms with Gasteiger partial charge in [-0.05, 0) is 12.8 Å². The Morgan fingerprint density at radius 2 is 1.82 bits per heavy atom. The molecule has 6 nitrogen and oxygen atoms in total. The van der Waals surface area contributed by atoms with Crippen LogP contribution in [0.5, 0.6) is 11.8 Å². The highest BCUT2D eigenvalue weighted by Crippen LogP contribution is 2.19. The number of amides is 1. The van der Waals surface area contributed by atoms with Gasteiger partial charge >= 0.3 is 6.09 Å². The number of nitrogens with one attached hydrogen (secondary N) is 1. The molecule has 0 aromatic carbocycles. The number of hydrogen-bond acceptors (Lipinski definition) is 4. The van der Waals surface area contributed by atoms with E-state index in [4.69, 9.17) is 4.84 Å². The van der Waals surface area contributed by atoms with Crippen molar-refractivity contribution in [1.82, 2.24) is 10.0 Å². The first kappa shape index (κ1) is 11.6. The smallest absolute Gasteiger partial charge is 0.432 e. The van der Waals surface area contributed by atoms with Gasteiger partial charge in [0.25, 0.3) is 0 Å². The third-order valence-electron chi connectivity index (χ3n) is 2.90. The molecule has 1 saturated carbocycles. The van der Waals surface area contributed by atoms with Crippen LogP contribution in [0.25, 0.3) is 0 Å². The van der Waals surface area contributed by atoms with Crippen molar-refractivity contribution in [2.75, 3.05) is 0 Å². The van der Waals surface area contributed by atoms with Gasteiger partial charge in [-0.25, -0.2) is 4.79 Å². The predicted octanol–water partition coefficient (Wildman–Crippen LogP) is 1.37. The number of carbonyl (C=O) groups excluding carboxylic acids is 1. The Kier molecular flexibility index (Phi) is 3.41. The number of hydrogen-bond donors (Lipinski definition) is 3. The lowest BCUT2D eigenvalue weighted by atomic mass is 9.96. The topological polar surface area (TPSA) is 83.7 Å². The summed E-state index contributed by atoms with van der Waals surface area (Å²) in [5, 5.41) is 21.3. The first-order chi connectivity index (χ1) is 8.16. The molecule has 0 bridgehead atoms. The summed E-state index contributed by atoms with van der Waals surface area (Å²) in [5.41, 5.74) is 0. The molecule has 0 aliphatic heterocycles. The summed E-state index contributed by atoms with van der Waals surface area (Å²) in [6.07, 6.45) is 4.62. The van der Waals surface area contributed by atoms with E-state index in [1.165, 1.54) is 18.6 Å². The first-order valence-electron chi connectivity index (χ1n) is 5.75. The van der Waals surface area contributed by atoms with Crippen LogP contribution >= 0.6 is 0 Å². The zero-order valence-corrected chi connectivity index (χ0v) is 9.43. The summed E-state index contributed by atoms with van der Waals surface area (Å²) in [4.78, 5) is 16.3. The quantitative estimate of drug-likeness (QED) is 0.729. The van der Waals surface area contributed by atoms with Crippen molar-refractivity contribution in [3.05, 3.63) is 12.1 Å². The van der Waals surface area contributed by atoms with E-state index in [0.717, 1.165) is 25.7 Å². The maximum absolute atomic E-state index is 11.5. The molecule has 1 heterocycles. The van der Waals surface area contributed by atoms with Crippen molar-refractivity contribution in [3.63, 3.8) is 0 Å². The van der Waals surface area contributed by atoms with Crippen molar-refractivity contribution in [2.24, 2.45) is 0 Å². The van der Waals surface area contributed by atoms with E-state index in [1.807, 2.05) is 0 Å². The number of rotatable bonds is 2. The molecule has 1 aromatic heterocycles. The van der Waals surface area contributed by atoms with Gasteiger partial charge in [0.05, 0.1) is 0 Å². The molecule has 1 aliphatic rings. The molecular formula is C11H16N2O4. The fraction of sp³-hybridized carbons (Fsp3) is 0.545. The minimum absolute atomic E-state index is 0.121. The maximum Gasteiger partial charge on any atom is 0.432 e. The molecule has 0 atom stereocenters. The SMILES string of the molecule is O=C(NC1CCCCC1)On1c(O)ccc1O. The summed E-state index contributed by atoms with van der Waals surface area (Å²) in [6, 6.07) is 2.60. The third-order valence-corrected chi connectivity index (χ3v) is 2.90. The standard InChI is InChI=1S/C11H16N2O4/c14-9-6-7-10(15)13(9)17-11(16)12-8-4-2-1-3-5-8/h6-8,14-15H,1-5H2,(H,12,16). The van der Waals surface area contributed by atoms with E-state index in [9.17, 15) is 15.0 Å². The molecule has 94 valence electrons. The average Bonchev–Trinajstić information content (AvgIpc) is 2.62. The number of aromatic nitrogens is 1. The zero-order chi connectivity index (χ0) is 12.3. The molecule has 0 saturated heterocycles. The highest BCUT2D eigenvalue weighted by molar-refractivity contribution is 5.68. The summed E-state index contributed by atoms with van der Waals surface area (Å²) < 4.78 is 0.679. The van der Waals surface area contributed by atoms with Crippen LogP contribution in [0.2, 0.25) is 0 Å².